The first-order valence-electron chi connectivity index (χ1n) is 7.10. The third kappa shape index (κ3) is 2.35. The van der Waals surface area contributed by atoms with Crippen molar-refractivity contribution in [2.75, 3.05) is 13.6 Å². The molecule has 1 heterocycles. The highest BCUT2D eigenvalue weighted by Crippen LogP contribution is 2.30. The second-order valence-electron chi connectivity index (χ2n) is 5.26. The van der Waals surface area contributed by atoms with E-state index in [0.29, 0.717) is 0 Å². The zero-order chi connectivity index (χ0) is 13.9. The smallest absolute Gasteiger partial charge is 0.0536 e. The number of likely N-dealkylation sites (N-methyl/N-ethyl adjacent to an activating group) is 1. The molecule has 3 rings (SSSR count). The lowest BCUT2D eigenvalue weighted by Gasteiger charge is -2.05. The van der Waals surface area contributed by atoms with E-state index in [9.17, 15) is 0 Å². The Balaban J connectivity index is 2.08. The SMILES string of the molecule is CNCCc1c[nH]c2c(-c3ccc(C)cc3)cccc12. The lowest BCUT2D eigenvalue weighted by atomic mass is 10.0. The molecule has 2 aromatic carbocycles. The van der Waals surface area contributed by atoms with Gasteiger partial charge in [0.05, 0.1) is 5.52 Å². The Morgan fingerprint density at radius 3 is 2.60 bits per heavy atom. The maximum Gasteiger partial charge on any atom is 0.0536 e. The van der Waals surface area contributed by atoms with Crippen LogP contribution < -0.4 is 5.32 Å². The first kappa shape index (κ1) is 12.9. The summed E-state index contributed by atoms with van der Waals surface area (Å²) in [6.07, 6.45) is 3.19. The Labute approximate surface area is 119 Å². The van der Waals surface area contributed by atoms with Crippen LogP contribution in [0.3, 0.4) is 0 Å². The number of aromatic amines is 1. The number of H-pyrrole nitrogens is 1. The molecule has 0 aliphatic rings. The van der Waals surface area contributed by atoms with Crippen LogP contribution in [0.5, 0.6) is 0 Å². The Morgan fingerprint density at radius 1 is 1.05 bits per heavy atom. The fourth-order valence-electron chi connectivity index (χ4n) is 2.65. The molecule has 2 heteroatoms. The van der Waals surface area contributed by atoms with Crippen molar-refractivity contribution < 1.29 is 0 Å². The van der Waals surface area contributed by atoms with E-state index in [0.717, 1.165) is 13.0 Å². The van der Waals surface area contributed by atoms with Gasteiger partial charge in [-0.25, -0.2) is 0 Å². The average Bonchev–Trinajstić information content (AvgIpc) is 2.89. The molecule has 0 saturated heterocycles. The summed E-state index contributed by atoms with van der Waals surface area (Å²) in [6.45, 7) is 3.12. The first-order chi connectivity index (χ1) is 9.79. The Hall–Kier alpha value is -2.06. The Morgan fingerprint density at radius 2 is 1.85 bits per heavy atom. The number of hydrogen-bond acceptors (Lipinski definition) is 1. The number of rotatable bonds is 4. The van der Waals surface area contributed by atoms with Gasteiger partial charge in [-0.05, 0) is 38.1 Å². The van der Waals surface area contributed by atoms with Crippen LogP contribution in [-0.4, -0.2) is 18.6 Å². The van der Waals surface area contributed by atoms with E-state index in [-0.39, 0.29) is 0 Å². The van der Waals surface area contributed by atoms with Crippen molar-refractivity contribution in [1.29, 1.82) is 0 Å². The predicted molar refractivity (Wildman–Crippen MR) is 86.1 cm³/mol. The maximum absolute atomic E-state index is 3.45. The number of aromatic nitrogens is 1. The highest BCUT2D eigenvalue weighted by atomic mass is 14.8. The lowest BCUT2D eigenvalue weighted by Crippen LogP contribution is -2.09. The molecule has 2 nitrogen and oxygen atoms in total. The monoisotopic (exact) mass is 264 g/mol. The Kier molecular flexibility index (Phi) is 3.57. The standard InChI is InChI=1S/C18H20N2/c1-13-6-8-14(9-7-13)16-4-3-5-17-15(10-11-19-2)12-20-18(16)17/h3-9,12,19-20H,10-11H2,1-2H3. The molecular formula is C18H20N2. The molecule has 3 aromatic rings. The summed E-state index contributed by atoms with van der Waals surface area (Å²) >= 11 is 0. The van der Waals surface area contributed by atoms with Gasteiger partial charge in [0.15, 0.2) is 0 Å². The molecule has 20 heavy (non-hydrogen) atoms. The molecule has 0 fully saturated rings. The molecule has 0 aliphatic heterocycles. The van der Waals surface area contributed by atoms with Crippen LogP contribution in [0.15, 0.2) is 48.7 Å². The number of aryl methyl sites for hydroxylation is 1. The fourth-order valence-corrected chi connectivity index (χ4v) is 2.65. The zero-order valence-electron chi connectivity index (χ0n) is 12.0. The largest absolute Gasteiger partial charge is 0.360 e. The van der Waals surface area contributed by atoms with Crippen LogP contribution in [0, 0.1) is 6.92 Å². The fraction of sp³-hybridized carbons (Fsp3) is 0.222. The van der Waals surface area contributed by atoms with Crippen LogP contribution in [0.2, 0.25) is 0 Å². The van der Waals surface area contributed by atoms with Gasteiger partial charge in [-0.2, -0.15) is 0 Å². The molecule has 0 atom stereocenters. The van der Waals surface area contributed by atoms with E-state index in [1.165, 1.54) is 33.2 Å². The first-order valence-corrected chi connectivity index (χ1v) is 7.10. The number of fused-ring (bicyclic) bond motifs is 1. The molecule has 0 saturated carbocycles. The van der Waals surface area contributed by atoms with E-state index in [1.54, 1.807) is 0 Å². The van der Waals surface area contributed by atoms with Crippen LogP contribution in [0.1, 0.15) is 11.1 Å². The molecule has 0 spiro atoms. The summed E-state index contributed by atoms with van der Waals surface area (Å²) in [7, 11) is 1.99. The number of hydrogen-bond donors (Lipinski definition) is 2. The summed E-state index contributed by atoms with van der Waals surface area (Å²) in [6, 6.07) is 15.3. The molecular weight excluding hydrogens is 244 g/mol. The summed E-state index contributed by atoms with van der Waals surface area (Å²) in [4.78, 5) is 3.45. The molecule has 0 radical (unpaired) electrons. The summed E-state index contributed by atoms with van der Waals surface area (Å²) in [5.41, 5.74) is 6.45. The number of nitrogens with one attached hydrogen (secondary N) is 2. The summed E-state index contributed by atoms with van der Waals surface area (Å²) in [5, 5.41) is 4.54. The number of para-hydroxylation sites is 1. The van der Waals surface area contributed by atoms with Gasteiger partial charge in [0, 0.05) is 17.1 Å². The normalized spacial score (nSPS) is 11.1. The van der Waals surface area contributed by atoms with E-state index in [1.807, 2.05) is 7.05 Å². The average molecular weight is 264 g/mol. The second-order valence-corrected chi connectivity index (χ2v) is 5.26. The summed E-state index contributed by atoms with van der Waals surface area (Å²) < 4.78 is 0. The minimum Gasteiger partial charge on any atom is -0.360 e. The topological polar surface area (TPSA) is 27.8 Å². The van der Waals surface area contributed by atoms with E-state index < -0.39 is 0 Å². The van der Waals surface area contributed by atoms with Crippen molar-refractivity contribution in [1.82, 2.24) is 10.3 Å². The lowest BCUT2D eigenvalue weighted by molar-refractivity contribution is 0.795. The molecule has 1 aromatic heterocycles. The van der Waals surface area contributed by atoms with Crippen LogP contribution >= 0.6 is 0 Å². The van der Waals surface area contributed by atoms with Crippen LogP contribution in [0.25, 0.3) is 22.0 Å². The van der Waals surface area contributed by atoms with Crippen LogP contribution in [0.4, 0.5) is 0 Å². The van der Waals surface area contributed by atoms with Gasteiger partial charge in [0.1, 0.15) is 0 Å². The van der Waals surface area contributed by atoms with Gasteiger partial charge in [-0.3, -0.25) is 0 Å². The minimum absolute atomic E-state index is 1.00. The quantitative estimate of drug-likeness (QED) is 0.734. The zero-order valence-corrected chi connectivity index (χ0v) is 12.0. The molecule has 0 bridgehead atoms. The minimum atomic E-state index is 1.00. The van der Waals surface area contributed by atoms with Gasteiger partial charge in [0.2, 0.25) is 0 Å². The van der Waals surface area contributed by atoms with E-state index in [2.05, 4.69) is 65.9 Å². The predicted octanol–water partition coefficient (Wildman–Crippen LogP) is 3.91. The third-order valence-corrected chi connectivity index (χ3v) is 3.81. The van der Waals surface area contributed by atoms with Gasteiger partial charge in [0.25, 0.3) is 0 Å². The van der Waals surface area contributed by atoms with E-state index >= 15 is 0 Å². The molecule has 102 valence electrons. The van der Waals surface area contributed by atoms with Gasteiger partial charge in [-0.15, -0.1) is 0 Å². The van der Waals surface area contributed by atoms with Crippen molar-refractivity contribution in [2.45, 2.75) is 13.3 Å². The van der Waals surface area contributed by atoms with Gasteiger partial charge >= 0.3 is 0 Å². The van der Waals surface area contributed by atoms with Crippen molar-refractivity contribution in [3.05, 3.63) is 59.8 Å². The van der Waals surface area contributed by atoms with Crippen molar-refractivity contribution in [3.8, 4) is 11.1 Å². The van der Waals surface area contributed by atoms with Crippen molar-refractivity contribution in [3.63, 3.8) is 0 Å². The van der Waals surface area contributed by atoms with Gasteiger partial charge < -0.3 is 10.3 Å². The third-order valence-electron chi connectivity index (χ3n) is 3.81. The molecule has 0 unspecified atom stereocenters. The van der Waals surface area contributed by atoms with Crippen LogP contribution in [-0.2, 0) is 6.42 Å². The highest BCUT2D eigenvalue weighted by Gasteiger charge is 2.08. The molecule has 2 N–H and O–H groups in total. The van der Waals surface area contributed by atoms with E-state index in [4.69, 9.17) is 0 Å². The maximum atomic E-state index is 3.45. The van der Waals surface area contributed by atoms with Crippen molar-refractivity contribution >= 4 is 10.9 Å². The summed E-state index contributed by atoms with van der Waals surface area (Å²) in [5.74, 6) is 0. The molecule has 0 amide bonds. The Bertz CT molecular complexity index is 708. The van der Waals surface area contributed by atoms with Gasteiger partial charge in [-0.1, -0.05) is 48.0 Å². The van der Waals surface area contributed by atoms with Crippen molar-refractivity contribution in [2.24, 2.45) is 0 Å². The number of benzene rings is 2. The highest BCUT2D eigenvalue weighted by molar-refractivity contribution is 5.96. The molecule has 0 aliphatic carbocycles. The second kappa shape index (κ2) is 5.51.